The topological polar surface area (TPSA) is 46.6 Å². The largest absolute Gasteiger partial charge is 0.444 e. The van der Waals surface area contributed by atoms with Gasteiger partial charge in [0.2, 0.25) is 0 Å². The van der Waals surface area contributed by atoms with Crippen molar-refractivity contribution in [2.75, 3.05) is 13.1 Å². The highest BCUT2D eigenvalue weighted by molar-refractivity contribution is 5.83. The third-order valence-corrected chi connectivity index (χ3v) is 3.24. The molecule has 1 aliphatic heterocycles. The number of Topliss-reactive ketones (excluding diaryl/α,β-unsaturated/α-hetero) is 1. The molecule has 0 aromatic rings. The number of carbonyl (C=O) groups excluding carboxylic acids is 2. The van der Waals surface area contributed by atoms with E-state index in [-0.39, 0.29) is 37.6 Å². The Bertz CT molecular complexity index is 363. The lowest BCUT2D eigenvalue weighted by atomic mass is 9.97. The molecule has 5 heteroatoms. The molecule has 1 saturated heterocycles. The van der Waals surface area contributed by atoms with E-state index in [0.717, 1.165) is 0 Å². The van der Waals surface area contributed by atoms with Crippen molar-refractivity contribution in [3.63, 3.8) is 0 Å². The van der Waals surface area contributed by atoms with Crippen LogP contribution in [0.2, 0.25) is 0 Å². The Morgan fingerprint density at radius 3 is 2.71 bits per heavy atom. The van der Waals surface area contributed by atoms with Crippen LogP contribution in [0.25, 0.3) is 0 Å². The molecule has 2 fully saturated rings. The van der Waals surface area contributed by atoms with Gasteiger partial charge in [0.1, 0.15) is 17.1 Å². The van der Waals surface area contributed by atoms with Crippen LogP contribution in [0.15, 0.2) is 0 Å². The minimum absolute atomic E-state index is 0.0156. The lowest BCUT2D eigenvalue weighted by Gasteiger charge is -2.25. The second-order valence-electron chi connectivity index (χ2n) is 6.01. The number of fused-ring (bicyclic) bond motifs is 1. The van der Waals surface area contributed by atoms with Gasteiger partial charge in [0.15, 0.2) is 0 Å². The molecule has 0 bridgehead atoms. The maximum Gasteiger partial charge on any atom is 0.410 e. The van der Waals surface area contributed by atoms with Crippen molar-refractivity contribution in [3.05, 3.63) is 0 Å². The first-order valence-electron chi connectivity index (χ1n) is 5.88. The van der Waals surface area contributed by atoms with Gasteiger partial charge in [-0.3, -0.25) is 4.79 Å². The summed E-state index contributed by atoms with van der Waals surface area (Å²) < 4.78 is 19.5. The number of halogens is 1. The zero-order chi connectivity index (χ0) is 12.8. The summed E-state index contributed by atoms with van der Waals surface area (Å²) in [5.74, 6) is -0.385. The molecule has 96 valence electrons. The molecule has 17 heavy (non-hydrogen) atoms. The van der Waals surface area contributed by atoms with E-state index < -0.39 is 17.4 Å². The number of hydrogen-bond acceptors (Lipinski definition) is 3. The smallest absolute Gasteiger partial charge is 0.410 e. The zero-order valence-corrected chi connectivity index (χ0v) is 10.5. The second-order valence-corrected chi connectivity index (χ2v) is 6.01. The number of likely N-dealkylation sites (tertiary alicyclic amines) is 1. The van der Waals surface area contributed by atoms with Crippen LogP contribution < -0.4 is 0 Å². The normalized spacial score (nSPS) is 32.8. The standard InChI is InChI=1S/C12H18FNO3/c1-11(2,3)17-10(16)14-6-8-4-9(15)5-12(8,13)7-14/h8H,4-7H2,1-3H3/t8-,12-/m1/s1. The molecule has 0 radical (unpaired) electrons. The fourth-order valence-electron chi connectivity index (χ4n) is 2.53. The number of rotatable bonds is 0. The monoisotopic (exact) mass is 243 g/mol. The molecule has 1 aliphatic carbocycles. The maximum absolute atomic E-state index is 14.3. The van der Waals surface area contributed by atoms with Crippen LogP contribution in [0.4, 0.5) is 9.18 Å². The highest BCUT2D eigenvalue weighted by atomic mass is 19.1. The Labute approximate surface area is 100 Å². The van der Waals surface area contributed by atoms with Gasteiger partial charge in [-0.05, 0) is 20.8 Å². The van der Waals surface area contributed by atoms with Crippen molar-refractivity contribution in [2.45, 2.75) is 44.9 Å². The first-order chi connectivity index (χ1) is 7.70. The molecule has 0 N–H and O–H groups in total. The molecular formula is C12H18FNO3. The average molecular weight is 243 g/mol. The lowest BCUT2D eigenvalue weighted by Crippen LogP contribution is -2.37. The third kappa shape index (κ3) is 2.42. The average Bonchev–Trinajstić information content (AvgIpc) is 2.51. The predicted molar refractivity (Wildman–Crippen MR) is 59.4 cm³/mol. The fraction of sp³-hybridized carbons (Fsp3) is 0.833. The zero-order valence-electron chi connectivity index (χ0n) is 10.5. The van der Waals surface area contributed by atoms with Crippen LogP contribution in [-0.4, -0.2) is 41.1 Å². The Morgan fingerprint density at radius 1 is 1.53 bits per heavy atom. The molecule has 1 amide bonds. The van der Waals surface area contributed by atoms with Gasteiger partial charge in [-0.1, -0.05) is 0 Å². The summed E-state index contributed by atoms with van der Waals surface area (Å²) >= 11 is 0. The third-order valence-electron chi connectivity index (χ3n) is 3.24. The van der Waals surface area contributed by atoms with Gasteiger partial charge in [-0.2, -0.15) is 0 Å². The number of amides is 1. The molecule has 2 rings (SSSR count). The van der Waals surface area contributed by atoms with Crippen molar-refractivity contribution in [3.8, 4) is 0 Å². The quantitative estimate of drug-likeness (QED) is 0.653. The van der Waals surface area contributed by atoms with E-state index in [4.69, 9.17) is 4.74 Å². The van der Waals surface area contributed by atoms with E-state index >= 15 is 0 Å². The number of alkyl halides is 1. The number of carbonyl (C=O) groups is 2. The van der Waals surface area contributed by atoms with E-state index in [1.54, 1.807) is 20.8 Å². The van der Waals surface area contributed by atoms with Crippen LogP contribution in [0, 0.1) is 5.92 Å². The highest BCUT2D eigenvalue weighted by Gasteiger charge is 2.55. The SMILES string of the molecule is CC(C)(C)OC(=O)N1C[C@H]2CC(=O)C[C@@]2(F)C1. The summed E-state index contributed by atoms with van der Waals surface area (Å²) in [6.07, 6.45) is -0.302. The van der Waals surface area contributed by atoms with E-state index in [1.807, 2.05) is 0 Å². The summed E-state index contributed by atoms with van der Waals surface area (Å²) in [5, 5.41) is 0. The predicted octanol–water partition coefficient (Wildman–Crippen LogP) is 1.92. The van der Waals surface area contributed by atoms with Crippen LogP contribution in [0.1, 0.15) is 33.6 Å². The molecular weight excluding hydrogens is 225 g/mol. The van der Waals surface area contributed by atoms with E-state index in [1.165, 1.54) is 4.90 Å². The van der Waals surface area contributed by atoms with E-state index in [9.17, 15) is 14.0 Å². The van der Waals surface area contributed by atoms with Gasteiger partial charge in [0, 0.05) is 25.3 Å². The summed E-state index contributed by atoms with van der Waals surface area (Å²) in [6.45, 7) is 5.60. The van der Waals surface area contributed by atoms with E-state index in [2.05, 4.69) is 0 Å². The Hall–Kier alpha value is -1.13. The van der Waals surface area contributed by atoms with Gasteiger partial charge in [-0.25, -0.2) is 9.18 Å². The minimum Gasteiger partial charge on any atom is -0.444 e. The number of ether oxygens (including phenoxy) is 1. The van der Waals surface area contributed by atoms with Gasteiger partial charge in [0.05, 0.1) is 6.54 Å². The molecule has 0 unspecified atom stereocenters. The van der Waals surface area contributed by atoms with Gasteiger partial charge >= 0.3 is 6.09 Å². The summed E-state index contributed by atoms with van der Waals surface area (Å²) in [7, 11) is 0. The van der Waals surface area contributed by atoms with Crippen molar-refractivity contribution >= 4 is 11.9 Å². The van der Waals surface area contributed by atoms with E-state index in [0.29, 0.717) is 0 Å². The number of ketones is 1. The number of hydrogen-bond donors (Lipinski definition) is 0. The fourth-order valence-corrected chi connectivity index (χ4v) is 2.53. The molecule has 4 nitrogen and oxygen atoms in total. The second kappa shape index (κ2) is 3.68. The first kappa shape index (κ1) is 12.3. The van der Waals surface area contributed by atoms with Gasteiger partial charge in [-0.15, -0.1) is 0 Å². The summed E-state index contributed by atoms with van der Waals surface area (Å²) in [4.78, 5) is 24.3. The molecule has 0 aromatic heterocycles. The van der Waals surface area contributed by atoms with Crippen LogP contribution in [0.5, 0.6) is 0 Å². The van der Waals surface area contributed by atoms with Crippen LogP contribution in [-0.2, 0) is 9.53 Å². The van der Waals surface area contributed by atoms with Crippen molar-refractivity contribution in [2.24, 2.45) is 5.92 Å². The molecule has 0 aromatic carbocycles. The van der Waals surface area contributed by atoms with Crippen LogP contribution in [0.3, 0.4) is 0 Å². The highest BCUT2D eigenvalue weighted by Crippen LogP contribution is 2.43. The Kier molecular flexibility index (Phi) is 2.67. The summed E-state index contributed by atoms with van der Waals surface area (Å²) in [6, 6.07) is 0. The van der Waals surface area contributed by atoms with Crippen molar-refractivity contribution in [1.29, 1.82) is 0 Å². The van der Waals surface area contributed by atoms with Crippen molar-refractivity contribution in [1.82, 2.24) is 4.90 Å². The Morgan fingerprint density at radius 2 is 2.18 bits per heavy atom. The number of nitrogens with zero attached hydrogens (tertiary/aromatic N) is 1. The summed E-state index contributed by atoms with van der Waals surface area (Å²) in [5.41, 5.74) is -2.10. The van der Waals surface area contributed by atoms with Crippen molar-refractivity contribution < 1.29 is 18.7 Å². The molecule has 2 aliphatic rings. The van der Waals surface area contributed by atoms with Gasteiger partial charge < -0.3 is 9.64 Å². The minimum atomic E-state index is -1.52. The molecule has 0 spiro atoms. The lowest BCUT2D eigenvalue weighted by molar-refractivity contribution is -0.118. The maximum atomic E-state index is 14.3. The Balaban J connectivity index is 2.00. The van der Waals surface area contributed by atoms with Crippen LogP contribution >= 0.6 is 0 Å². The molecule has 2 atom stereocenters. The first-order valence-corrected chi connectivity index (χ1v) is 5.88. The van der Waals surface area contributed by atoms with Gasteiger partial charge in [0.25, 0.3) is 0 Å². The molecule has 1 heterocycles. The molecule has 1 saturated carbocycles.